The van der Waals surface area contributed by atoms with Crippen molar-refractivity contribution >= 4 is 23.2 Å². The van der Waals surface area contributed by atoms with Crippen LogP contribution in [0, 0.1) is 23.2 Å². The molecule has 1 amide bonds. The van der Waals surface area contributed by atoms with Crippen LogP contribution in [-0.2, 0) is 20.8 Å². The molecule has 0 radical (unpaired) electrons. The molecule has 1 aromatic heterocycles. The largest absolute Gasteiger partial charge is 0.508 e. The molecule has 1 saturated carbocycles. The van der Waals surface area contributed by atoms with Gasteiger partial charge in [0.15, 0.2) is 11.4 Å². The molecule has 0 aliphatic heterocycles. The SMILES string of the molecule is CN(C)[C@@H]1C(=O)C(C(N)=O)=C(O)C2(O)C(=O)C3=C(O)c4c(O)ccc(-n5ccc(C#N)c5)c4CC3CC12. The molecule has 4 atom stereocenters. The Morgan fingerprint density at radius 2 is 1.92 bits per heavy atom. The molecule has 190 valence electrons. The standard InChI is InChI=1S/C26H24N4O7/c1-29(2)20-14-8-12-7-13-15(30-6-5-11(9-27)10-30)3-4-16(31)18(13)21(32)17(12)23(34)26(14,37)24(35)19(22(20)33)25(28)36/h3-6,10,12,14,20,31-32,35,37H,7-8H2,1-2H3,(H2,28,36)/t12?,14?,20-,26?/m0/s1. The fraction of sp³-hybridized carbons (Fsp3) is 0.308. The summed E-state index contributed by atoms with van der Waals surface area (Å²) in [6.45, 7) is 0. The highest BCUT2D eigenvalue weighted by Gasteiger charge is 2.64. The summed E-state index contributed by atoms with van der Waals surface area (Å²) in [7, 11) is 3.09. The first-order chi connectivity index (χ1) is 17.4. The highest BCUT2D eigenvalue weighted by molar-refractivity contribution is 6.24. The van der Waals surface area contributed by atoms with Gasteiger partial charge >= 0.3 is 0 Å². The number of aromatic nitrogens is 1. The second kappa shape index (κ2) is 8.06. The molecule has 5 rings (SSSR count). The van der Waals surface area contributed by atoms with Crippen molar-refractivity contribution in [3.63, 3.8) is 0 Å². The number of phenolic OH excluding ortho intramolecular Hbond substituents is 1. The molecule has 3 aliphatic carbocycles. The first-order valence-corrected chi connectivity index (χ1v) is 11.5. The van der Waals surface area contributed by atoms with Crippen molar-refractivity contribution in [2.24, 2.45) is 17.6 Å². The first-order valence-electron chi connectivity index (χ1n) is 11.5. The molecule has 1 heterocycles. The van der Waals surface area contributed by atoms with E-state index in [4.69, 9.17) is 5.73 Å². The Morgan fingerprint density at radius 1 is 1.22 bits per heavy atom. The predicted molar refractivity (Wildman–Crippen MR) is 128 cm³/mol. The molecule has 3 unspecified atom stereocenters. The van der Waals surface area contributed by atoms with E-state index in [0.717, 1.165) is 0 Å². The maximum absolute atomic E-state index is 13.8. The second-order valence-corrected chi connectivity index (χ2v) is 9.84. The van der Waals surface area contributed by atoms with Crippen LogP contribution < -0.4 is 5.73 Å². The van der Waals surface area contributed by atoms with E-state index in [1.165, 1.54) is 11.0 Å². The Labute approximate surface area is 211 Å². The van der Waals surface area contributed by atoms with E-state index in [9.17, 15) is 40.1 Å². The van der Waals surface area contributed by atoms with Crippen molar-refractivity contribution in [2.45, 2.75) is 24.5 Å². The predicted octanol–water partition coefficient (Wildman–Crippen LogP) is 0.626. The van der Waals surface area contributed by atoms with Crippen molar-refractivity contribution in [1.82, 2.24) is 9.47 Å². The molecule has 11 heteroatoms. The molecule has 1 aromatic carbocycles. The molecular weight excluding hydrogens is 480 g/mol. The first kappa shape index (κ1) is 24.3. The lowest BCUT2D eigenvalue weighted by atomic mass is 9.57. The molecule has 6 N–H and O–H groups in total. The summed E-state index contributed by atoms with van der Waals surface area (Å²) in [6, 6.07) is 5.46. The fourth-order valence-corrected chi connectivity index (χ4v) is 6.08. The van der Waals surface area contributed by atoms with Crippen molar-refractivity contribution in [3.05, 3.63) is 64.2 Å². The van der Waals surface area contributed by atoms with Crippen LogP contribution in [0.1, 0.15) is 23.1 Å². The Kier molecular flexibility index (Phi) is 5.29. The zero-order valence-electron chi connectivity index (χ0n) is 20.0. The number of nitriles is 1. The molecule has 11 nitrogen and oxygen atoms in total. The molecule has 2 aromatic rings. The van der Waals surface area contributed by atoms with Gasteiger partial charge in [0.05, 0.1) is 17.2 Å². The van der Waals surface area contributed by atoms with Crippen LogP contribution in [-0.4, -0.2) is 73.1 Å². The number of carbonyl (C=O) groups is 3. The van der Waals surface area contributed by atoms with Crippen LogP contribution in [0.25, 0.3) is 11.4 Å². The number of ketones is 2. The van der Waals surface area contributed by atoms with Gasteiger partial charge in [0.25, 0.3) is 5.91 Å². The molecule has 0 saturated heterocycles. The quantitative estimate of drug-likeness (QED) is 0.373. The van der Waals surface area contributed by atoms with Crippen LogP contribution >= 0.6 is 0 Å². The summed E-state index contributed by atoms with van der Waals surface area (Å²) >= 11 is 0. The highest BCUT2D eigenvalue weighted by atomic mass is 16.3. The van der Waals surface area contributed by atoms with Crippen LogP contribution in [0.5, 0.6) is 5.75 Å². The zero-order valence-corrected chi connectivity index (χ0v) is 20.0. The fourth-order valence-electron chi connectivity index (χ4n) is 6.08. The van der Waals surface area contributed by atoms with E-state index in [1.807, 2.05) is 6.07 Å². The molecule has 1 fully saturated rings. The number of aliphatic hydroxyl groups excluding tert-OH is 2. The number of nitrogens with zero attached hydrogens (tertiary/aromatic N) is 3. The number of hydrogen-bond acceptors (Lipinski definition) is 9. The van der Waals surface area contributed by atoms with Crippen molar-refractivity contribution in [3.8, 4) is 17.5 Å². The van der Waals surface area contributed by atoms with Gasteiger partial charge in [0.2, 0.25) is 5.78 Å². The van der Waals surface area contributed by atoms with E-state index in [1.54, 1.807) is 43.2 Å². The summed E-state index contributed by atoms with van der Waals surface area (Å²) in [6.07, 6.45) is 3.39. The molecular formula is C26H24N4O7. The van der Waals surface area contributed by atoms with Crippen LogP contribution in [0.4, 0.5) is 0 Å². The normalized spacial score (nSPS) is 27.1. The average Bonchev–Trinajstić information content (AvgIpc) is 3.30. The van der Waals surface area contributed by atoms with E-state index < -0.39 is 58.0 Å². The van der Waals surface area contributed by atoms with Crippen molar-refractivity contribution in [1.29, 1.82) is 5.26 Å². The molecule has 0 bridgehead atoms. The third kappa shape index (κ3) is 3.16. The van der Waals surface area contributed by atoms with Gasteiger partial charge in [0, 0.05) is 29.6 Å². The van der Waals surface area contributed by atoms with Crippen LogP contribution in [0.15, 0.2) is 47.5 Å². The Hall–Kier alpha value is -4.40. The molecule has 3 aliphatic rings. The van der Waals surface area contributed by atoms with E-state index in [2.05, 4.69) is 0 Å². The number of nitrogens with two attached hydrogens (primary N) is 1. The van der Waals surface area contributed by atoms with E-state index in [-0.39, 0.29) is 29.7 Å². The second-order valence-electron chi connectivity index (χ2n) is 9.84. The lowest BCUT2D eigenvalue weighted by molar-refractivity contribution is -0.153. The number of Topliss-reactive ketones (excluding diaryl/α,β-unsaturated/α-hetero) is 2. The number of amides is 1. The number of aromatic hydroxyl groups is 1. The number of fused-ring (bicyclic) bond motifs is 3. The van der Waals surface area contributed by atoms with Gasteiger partial charge in [0.1, 0.15) is 28.9 Å². The summed E-state index contributed by atoms with van der Waals surface area (Å²) in [5.74, 6) is -6.99. The summed E-state index contributed by atoms with van der Waals surface area (Å²) in [4.78, 5) is 40.5. The topological polar surface area (TPSA) is 190 Å². The lowest BCUT2D eigenvalue weighted by Crippen LogP contribution is -2.65. The van der Waals surface area contributed by atoms with Gasteiger partial charge in [-0.25, -0.2) is 0 Å². The Morgan fingerprint density at radius 3 is 2.51 bits per heavy atom. The summed E-state index contributed by atoms with van der Waals surface area (Å²) in [5, 5.41) is 53.6. The minimum Gasteiger partial charge on any atom is -0.508 e. The van der Waals surface area contributed by atoms with Gasteiger partial charge in [-0.2, -0.15) is 5.26 Å². The monoisotopic (exact) mass is 504 g/mol. The minimum absolute atomic E-state index is 0.00399. The number of carbonyl (C=O) groups excluding carboxylic acids is 3. The maximum atomic E-state index is 13.8. The Bertz CT molecular complexity index is 1510. The van der Waals surface area contributed by atoms with Crippen molar-refractivity contribution in [2.75, 3.05) is 14.1 Å². The highest BCUT2D eigenvalue weighted by Crippen LogP contribution is 2.53. The zero-order chi connectivity index (χ0) is 27.0. The lowest BCUT2D eigenvalue weighted by Gasteiger charge is -2.50. The smallest absolute Gasteiger partial charge is 0.255 e. The maximum Gasteiger partial charge on any atom is 0.255 e. The van der Waals surface area contributed by atoms with E-state index >= 15 is 0 Å². The Balaban J connectivity index is 1.74. The molecule has 0 spiro atoms. The van der Waals surface area contributed by atoms with Gasteiger partial charge in [-0.15, -0.1) is 0 Å². The van der Waals surface area contributed by atoms with Gasteiger partial charge in [-0.3, -0.25) is 19.3 Å². The van der Waals surface area contributed by atoms with E-state index in [0.29, 0.717) is 16.8 Å². The number of likely N-dealkylation sites (N-methyl/N-ethyl adjacent to an activating group) is 1. The van der Waals surface area contributed by atoms with Gasteiger partial charge < -0.3 is 30.7 Å². The summed E-state index contributed by atoms with van der Waals surface area (Å²) < 4.78 is 1.66. The number of hydrogen-bond donors (Lipinski definition) is 5. The van der Waals surface area contributed by atoms with Crippen LogP contribution in [0.2, 0.25) is 0 Å². The van der Waals surface area contributed by atoms with Gasteiger partial charge in [-0.1, -0.05) is 0 Å². The number of aliphatic hydroxyl groups is 3. The van der Waals surface area contributed by atoms with Crippen molar-refractivity contribution < 1.29 is 34.8 Å². The minimum atomic E-state index is -2.68. The van der Waals surface area contributed by atoms with Crippen LogP contribution in [0.3, 0.4) is 0 Å². The number of primary amides is 1. The third-order valence-corrected chi connectivity index (χ3v) is 7.68. The van der Waals surface area contributed by atoms with Gasteiger partial charge in [-0.05, 0) is 56.6 Å². The average molecular weight is 504 g/mol. The summed E-state index contributed by atoms with van der Waals surface area (Å²) in [5.41, 5.74) is 3.03. The molecule has 37 heavy (non-hydrogen) atoms. The third-order valence-electron chi connectivity index (χ3n) is 7.68. The number of phenols is 1. The number of rotatable bonds is 3. The number of benzene rings is 1.